The molecule has 0 aliphatic rings. The Morgan fingerprint density at radius 3 is 2.69 bits per heavy atom. The first-order valence-corrected chi connectivity index (χ1v) is 8.94. The number of ether oxygens (including phenoxy) is 1. The minimum Gasteiger partial charge on any atom is -0.462 e. The Hall–Kier alpha value is -2.75. The summed E-state index contributed by atoms with van der Waals surface area (Å²) >= 11 is 1.07. The number of rotatable bonds is 6. The molecule has 2 aromatic heterocycles. The molecular weight excluding hydrogens is 360 g/mol. The minimum absolute atomic E-state index is 0.227. The van der Waals surface area contributed by atoms with Gasteiger partial charge in [-0.2, -0.15) is 0 Å². The number of fused-ring (bicyclic) bond motifs is 1. The molecule has 2 N–H and O–H groups in total. The SMILES string of the molecule is CCCNC(=O)NC(=O)Cn1cnc2sc(C(=O)OCC)c(C)c2c1=O. The van der Waals surface area contributed by atoms with Gasteiger partial charge in [0.15, 0.2) is 0 Å². The molecule has 0 fully saturated rings. The van der Waals surface area contributed by atoms with Crippen LogP contribution >= 0.6 is 11.3 Å². The second-order valence-electron chi connectivity index (χ2n) is 5.44. The van der Waals surface area contributed by atoms with Crippen LogP contribution in [0.15, 0.2) is 11.1 Å². The Balaban J connectivity index is 2.25. The van der Waals surface area contributed by atoms with E-state index in [1.165, 1.54) is 6.33 Å². The van der Waals surface area contributed by atoms with Gasteiger partial charge in [0.25, 0.3) is 5.56 Å². The Labute approximate surface area is 153 Å². The van der Waals surface area contributed by atoms with E-state index in [1.54, 1.807) is 13.8 Å². The summed E-state index contributed by atoms with van der Waals surface area (Å²) in [6, 6.07) is -0.616. The number of carbonyl (C=O) groups is 3. The highest BCUT2D eigenvalue weighted by Crippen LogP contribution is 2.27. The fraction of sp³-hybridized carbons (Fsp3) is 0.438. The van der Waals surface area contributed by atoms with Crippen molar-refractivity contribution in [2.75, 3.05) is 13.2 Å². The lowest BCUT2D eigenvalue weighted by atomic mass is 10.2. The first kappa shape index (κ1) is 19.6. The molecule has 0 aliphatic heterocycles. The van der Waals surface area contributed by atoms with E-state index in [1.807, 2.05) is 6.92 Å². The number of urea groups is 1. The fourth-order valence-electron chi connectivity index (χ4n) is 2.27. The van der Waals surface area contributed by atoms with Crippen molar-refractivity contribution in [3.8, 4) is 0 Å². The maximum Gasteiger partial charge on any atom is 0.348 e. The molecule has 26 heavy (non-hydrogen) atoms. The number of hydrogen-bond acceptors (Lipinski definition) is 7. The largest absolute Gasteiger partial charge is 0.462 e. The van der Waals surface area contributed by atoms with Gasteiger partial charge in [-0.15, -0.1) is 11.3 Å². The first-order chi connectivity index (χ1) is 12.4. The number of esters is 1. The lowest BCUT2D eigenvalue weighted by Crippen LogP contribution is -2.42. The molecule has 0 aromatic carbocycles. The monoisotopic (exact) mass is 380 g/mol. The van der Waals surface area contributed by atoms with Crippen molar-refractivity contribution in [3.05, 3.63) is 27.1 Å². The molecule has 0 bridgehead atoms. The maximum absolute atomic E-state index is 12.6. The summed E-state index contributed by atoms with van der Waals surface area (Å²) < 4.78 is 6.07. The summed E-state index contributed by atoms with van der Waals surface area (Å²) in [7, 11) is 0. The van der Waals surface area contributed by atoms with Gasteiger partial charge < -0.3 is 10.1 Å². The highest BCUT2D eigenvalue weighted by Gasteiger charge is 2.21. The topological polar surface area (TPSA) is 119 Å². The molecule has 0 radical (unpaired) electrons. The number of carbonyl (C=O) groups excluding carboxylic acids is 3. The number of hydrogen-bond donors (Lipinski definition) is 2. The summed E-state index contributed by atoms with van der Waals surface area (Å²) in [4.78, 5) is 52.9. The van der Waals surface area contributed by atoms with Crippen LogP contribution in [0.4, 0.5) is 4.79 Å². The smallest absolute Gasteiger partial charge is 0.348 e. The zero-order valence-electron chi connectivity index (χ0n) is 14.7. The molecule has 3 amide bonds. The quantitative estimate of drug-likeness (QED) is 0.726. The number of nitrogens with one attached hydrogen (secondary N) is 2. The summed E-state index contributed by atoms with van der Waals surface area (Å²) in [5.41, 5.74) is 0.0137. The molecule has 2 aromatic rings. The Bertz CT molecular complexity index is 902. The predicted molar refractivity (Wildman–Crippen MR) is 96.4 cm³/mol. The van der Waals surface area contributed by atoms with Crippen molar-refractivity contribution in [1.29, 1.82) is 0 Å². The van der Waals surface area contributed by atoms with E-state index in [0.29, 0.717) is 21.8 Å². The molecule has 0 unspecified atom stereocenters. The van der Waals surface area contributed by atoms with Crippen LogP contribution in [-0.2, 0) is 16.1 Å². The van der Waals surface area contributed by atoms with Crippen molar-refractivity contribution in [3.63, 3.8) is 0 Å². The zero-order chi connectivity index (χ0) is 19.3. The van der Waals surface area contributed by atoms with Gasteiger partial charge in [0.2, 0.25) is 5.91 Å². The lowest BCUT2D eigenvalue weighted by Gasteiger charge is -2.07. The molecular formula is C16H20N4O5S. The Kier molecular flexibility index (Phi) is 6.45. The minimum atomic E-state index is -0.639. The van der Waals surface area contributed by atoms with Crippen LogP contribution < -0.4 is 16.2 Å². The van der Waals surface area contributed by atoms with Crippen LogP contribution in [0.1, 0.15) is 35.5 Å². The molecule has 2 rings (SSSR count). The van der Waals surface area contributed by atoms with Gasteiger partial charge in [-0.25, -0.2) is 14.6 Å². The van der Waals surface area contributed by atoms with E-state index in [9.17, 15) is 19.2 Å². The predicted octanol–water partition coefficient (Wildman–Crippen LogP) is 1.18. The number of imide groups is 1. The number of aromatic nitrogens is 2. The third-order valence-corrected chi connectivity index (χ3v) is 4.66. The second-order valence-corrected chi connectivity index (χ2v) is 6.44. The average Bonchev–Trinajstić information content (AvgIpc) is 2.93. The van der Waals surface area contributed by atoms with Crippen LogP contribution in [0.3, 0.4) is 0 Å². The number of amides is 3. The molecule has 0 saturated carbocycles. The van der Waals surface area contributed by atoms with E-state index >= 15 is 0 Å². The van der Waals surface area contributed by atoms with Crippen LogP contribution in [-0.4, -0.2) is 40.6 Å². The van der Waals surface area contributed by atoms with Crippen molar-refractivity contribution >= 4 is 39.5 Å². The van der Waals surface area contributed by atoms with Crippen molar-refractivity contribution in [1.82, 2.24) is 20.2 Å². The third kappa shape index (κ3) is 4.26. The number of nitrogens with zero attached hydrogens (tertiary/aromatic N) is 2. The summed E-state index contributed by atoms with van der Waals surface area (Å²) in [5.74, 6) is -1.15. The Morgan fingerprint density at radius 1 is 1.31 bits per heavy atom. The van der Waals surface area contributed by atoms with Crippen LogP contribution in [0.25, 0.3) is 10.2 Å². The van der Waals surface area contributed by atoms with Gasteiger partial charge in [0.1, 0.15) is 16.3 Å². The second kappa shape index (κ2) is 8.56. The van der Waals surface area contributed by atoms with E-state index in [4.69, 9.17) is 4.74 Å². The Morgan fingerprint density at radius 2 is 2.04 bits per heavy atom. The molecule has 0 spiro atoms. The first-order valence-electron chi connectivity index (χ1n) is 8.12. The normalized spacial score (nSPS) is 10.6. The van der Waals surface area contributed by atoms with Gasteiger partial charge in [0.05, 0.1) is 18.3 Å². The van der Waals surface area contributed by atoms with Gasteiger partial charge in [-0.3, -0.25) is 19.5 Å². The highest BCUT2D eigenvalue weighted by atomic mass is 32.1. The zero-order valence-corrected chi connectivity index (χ0v) is 15.6. The van der Waals surface area contributed by atoms with E-state index < -0.39 is 23.5 Å². The molecule has 0 aliphatic carbocycles. The van der Waals surface area contributed by atoms with Crippen molar-refractivity contribution < 1.29 is 19.1 Å². The highest BCUT2D eigenvalue weighted by molar-refractivity contribution is 7.20. The van der Waals surface area contributed by atoms with E-state index in [-0.39, 0.29) is 18.5 Å². The van der Waals surface area contributed by atoms with Gasteiger partial charge >= 0.3 is 12.0 Å². The van der Waals surface area contributed by atoms with Crippen LogP contribution in [0, 0.1) is 6.92 Å². The van der Waals surface area contributed by atoms with E-state index in [0.717, 1.165) is 22.3 Å². The van der Waals surface area contributed by atoms with Crippen LogP contribution in [0.5, 0.6) is 0 Å². The fourth-order valence-corrected chi connectivity index (χ4v) is 3.30. The number of thiophene rings is 1. The standard InChI is InChI=1S/C16H20N4O5S/c1-4-6-17-16(24)19-10(21)7-20-8-18-13-11(14(20)22)9(3)12(26-13)15(23)25-5-2/h8H,4-7H2,1-3H3,(H2,17,19,21,24). The molecule has 10 heteroatoms. The molecule has 0 atom stereocenters. The van der Waals surface area contributed by atoms with Crippen molar-refractivity contribution in [2.45, 2.75) is 33.7 Å². The average molecular weight is 380 g/mol. The van der Waals surface area contributed by atoms with Gasteiger partial charge in [-0.05, 0) is 25.8 Å². The summed E-state index contributed by atoms with van der Waals surface area (Å²) in [6.07, 6.45) is 1.96. The molecule has 140 valence electrons. The molecule has 9 nitrogen and oxygen atoms in total. The van der Waals surface area contributed by atoms with Crippen molar-refractivity contribution in [2.24, 2.45) is 0 Å². The van der Waals surface area contributed by atoms with Gasteiger partial charge in [-0.1, -0.05) is 6.92 Å². The maximum atomic E-state index is 12.6. The van der Waals surface area contributed by atoms with Gasteiger partial charge in [0, 0.05) is 6.54 Å². The number of aryl methyl sites for hydroxylation is 1. The summed E-state index contributed by atoms with van der Waals surface area (Å²) in [6.45, 7) is 5.53. The van der Waals surface area contributed by atoms with Crippen LogP contribution in [0.2, 0.25) is 0 Å². The molecule has 0 saturated heterocycles. The lowest BCUT2D eigenvalue weighted by molar-refractivity contribution is -0.120. The molecule has 2 heterocycles. The summed E-state index contributed by atoms with van der Waals surface area (Å²) in [5, 5.41) is 4.92. The van der Waals surface area contributed by atoms with E-state index in [2.05, 4.69) is 15.6 Å². The third-order valence-electron chi connectivity index (χ3n) is 3.48.